The summed E-state index contributed by atoms with van der Waals surface area (Å²) in [4.78, 5) is 17.1. The Morgan fingerprint density at radius 3 is 2.81 bits per heavy atom. The van der Waals surface area contributed by atoms with Crippen molar-refractivity contribution in [2.24, 2.45) is 0 Å². The molecule has 0 radical (unpaired) electrons. The molecule has 8 nitrogen and oxygen atoms in total. The van der Waals surface area contributed by atoms with Crippen LogP contribution in [0.4, 0.5) is 11.5 Å². The Balaban J connectivity index is 1.71. The third-order valence-electron chi connectivity index (χ3n) is 3.85. The predicted molar refractivity (Wildman–Crippen MR) is 102 cm³/mol. The summed E-state index contributed by atoms with van der Waals surface area (Å²) < 4.78 is 6.42. The number of nitrogens with two attached hydrogens (primary N) is 1. The van der Waals surface area contributed by atoms with E-state index in [2.05, 4.69) is 34.5 Å². The summed E-state index contributed by atoms with van der Waals surface area (Å²) in [5.41, 5.74) is 8.35. The number of fused-ring (bicyclic) bond motifs is 1. The van der Waals surface area contributed by atoms with Crippen LogP contribution in [-0.2, 0) is 11.3 Å². The van der Waals surface area contributed by atoms with E-state index in [0.29, 0.717) is 11.5 Å². The van der Waals surface area contributed by atoms with Crippen molar-refractivity contribution in [3.63, 3.8) is 0 Å². The van der Waals surface area contributed by atoms with Gasteiger partial charge in [0.1, 0.15) is 6.54 Å². The molecule has 0 spiro atoms. The summed E-state index contributed by atoms with van der Waals surface area (Å²) >= 11 is 0. The van der Waals surface area contributed by atoms with Crippen molar-refractivity contribution in [2.75, 3.05) is 11.1 Å². The fourth-order valence-electron chi connectivity index (χ4n) is 2.73. The number of hydrogen-bond acceptors (Lipinski definition) is 6. The number of carbonyl (C=O) groups is 1. The van der Waals surface area contributed by atoms with E-state index in [1.807, 2.05) is 48.5 Å². The summed E-state index contributed by atoms with van der Waals surface area (Å²) in [5.74, 6) is 0.359. The maximum atomic E-state index is 12.6. The summed E-state index contributed by atoms with van der Waals surface area (Å²) in [5, 5.41) is 11.3. The van der Waals surface area contributed by atoms with Crippen molar-refractivity contribution in [3.8, 4) is 11.5 Å². The van der Waals surface area contributed by atoms with Gasteiger partial charge < -0.3 is 15.6 Å². The Bertz CT molecular complexity index is 1100. The molecule has 0 bridgehead atoms. The molecule has 26 heavy (non-hydrogen) atoms. The first kappa shape index (κ1) is 16.2. The molecule has 0 saturated carbocycles. The molecule has 9 heteroatoms. The van der Waals surface area contributed by atoms with E-state index in [1.165, 1.54) is 0 Å². The van der Waals surface area contributed by atoms with Crippen LogP contribution >= 0.6 is 9.24 Å². The molecule has 0 aliphatic carbocycles. The molecule has 0 saturated heterocycles. The zero-order valence-electron chi connectivity index (χ0n) is 13.6. The molecule has 4 aromatic rings. The van der Waals surface area contributed by atoms with Crippen molar-refractivity contribution in [2.45, 2.75) is 6.54 Å². The van der Waals surface area contributed by atoms with Gasteiger partial charge >= 0.3 is 0 Å². The largest absolute Gasteiger partial charge is 0.379 e. The topological polar surface area (TPSA) is 112 Å². The Hall–Kier alpha value is -3.25. The van der Waals surface area contributed by atoms with Gasteiger partial charge in [-0.05, 0) is 39.9 Å². The number of aromatic nitrogens is 4. The molecule has 0 fully saturated rings. The van der Waals surface area contributed by atoms with Crippen molar-refractivity contribution in [1.82, 2.24) is 19.9 Å². The average Bonchev–Trinajstić information content (AvgIpc) is 3.18. The molecule has 1 unspecified atom stereocenters. The van der Waals surface area contributed by atoms with Crippen LogP contribution in [0, 0.1) is 0 Å². The highest BCUT2D eigenvalue weighted by molar-refractivity contribution is 7.27. The smallest absolute Gasteiger partial charge is 0.244 e. The molecule has 2 heterocycles. The second kappa shape index (κ2) is 6.57. The number of nitrogens with zero attached hydrogens (tertiary/aromatic N) is 4. The molecule has 0 aliphatic heterocycles. The monoisotopic (exact) mass is 366 g/mol. The molecule has 4 rings (SSSR count). The lowest BCUT2D eigenvalue weighted by Gasteiger charge is -2.09. The highest BCUT2D eigenvalue weighted by Gasteiger charge is 2.20. The van der Waals surface area contributed by atoms with Gasteiger partial charge in [0.25, 0.3) is 0 Å². The van der Waals surface area contributed by atoms with Crippen LogP contribution in [0.15, 0.2) is 53.2 Å². The van der Waals surface area contributed by atoms with Crippen LogP contribution in [0.1, 0.15) is 0 Å². The number of rotatable bonds is 4. The van der Waals surface area contributed by atoms with Crippen molar-refractivity contribution < 1.29 is 9.42 Å². The standard InChI is InChI=1S/C17H15N6O2P/c18-16-15(21-25-22-16)17-20-12-6-1-2-7-13(12)23(17)9-14(24)19-10-4-3-5-11(26)8-10/h1-8H,9,26H2,(H2,18,22)(H,19,24). The van der Waals surface area contributed by atoms with Gasteiger partial charge in [0.15, 0.2) is 17.3 Å². The molecular weight excluding hydrogens is 351 g/mol. The molecule has 3 N–H and O–H groups in total. The molecule has 1 amide bonds. The first-order valence-electron chi connectivity index (χ1n) is 7.81. The van der Waals surface area contributed by atoms with Crippen LogP contribution in [0.5, 0.6) is 0 Å². The lowest BCUT2D eigenvalue weighted by molar-refractivity contribution is -0.116. The zero-order valence-corrected chi connectivity index (χ0v) is 14.7. The van der Waals surface area contributed by atoms with Crippen molar-refractivity contribution >= 4 is 43.0 Å². The maximum absolute atomic E-state index is 12.6. The number of imidazole rings is 1. The van der Waals surface area contributed by atoms with Gasteiger partial charge in [0.05, 0.1) is 11.0 Å². The zero-order chi connectivity index (χ0) is 18.1. The maximum Gasteiger partial charge on any atom is 0.244 e. The number of amides is 1. The predicted octanol–water partition coefficient (Wildman–Crippen LogP) is 1.81. The van der Waals surface area contributed by atoms with Gasteiger partial charge in [0.2, 0.25) is 5.91 Å². The number of nitrogens with one attached hydrogen (secondary N) is 1. The van der Waals surface area contributed by atoms with E-state index in [4.69, 9.17) is 5.73 Å². The highest BCUT2D eigenvalue weighted by Crippen LogP contribution is 2.26. The number of anilines is 2. The number of carbonyl (C=O) groups excluding carboxylic acids is 1. The fourth-order valence-corrected chi connectivity index (χ4v) is 3.02. The minimum absolute atomic E-state index is 0.0449. The second-order valence-corrected chi connectivity index (χ2v) is 6.35. The minimum atomic E-state index is -0.194. The molecule has 1 atom stereocenters. The fraction of sp³-hybridized carbons (Fsp3) is 0.0588. The van der Waals surface area contributed by atoms with Gasteiger partial charge in [-0.25, -0.2) is 9.61 Å². The summed E-state index contributed by atoms with van der Waals surface area (Å²) in [6, 6.07) is 15.0. The van der Waals surface area contributed by atoms with E-state index < -0.39 is 0 Å². The first-order valence-corrected chi connectivity index (χ1v) is 8.38. The lowest BCUT2D eigenvalue weighted by Crippen LogP contribution is -2.20. The van der Waals surface area contributed by atoms with Crippen LogP contribution in [0.2, 0.25) is 0 Å². The summed E-state index contributed by atoms with van der Waals surface area (Å²) in [7, 11) is 2.60. The van der Waals surface area contributed by atoms with Crippen LogP contribution in [0.3, 0.4) is 0 Å². The van der Waals surface area contributed by atoms with Crippen LogP contribution in [0.25, 0.3) is 22.6 Å². The Kier molecular flexibility index (Phi) is 4.10. The third kappa shape index (κ3) is 3.02. The van der Waals surface area contributed by atoms with Crippen molar-refractivity contribution in [1.29, 1.82) is 0 Å². The quantitative estimate of drug-likeness (QED) is 0.533. The van der Waals surface area contributed by atoms with Crippen molar-refractivity contribution in [3.05, 3.63) is 48.5 Å². The van der Waals surface area contributed by atoms with Gasteiger partial charge in [-0.2, -0.15) is 0 Å². The molecule has 130 valence electrons. The SMILES string of the molecule is Nc1nonc1-c1nc2ccccc2n1CC(=O)Nc1cccc(P)c1. The van der Waals surface area contributed by atoms with E-state index in [0.717, 1.165) is 22.0 Å². The summed E-state index contributed by atoms with van der Waals surface area (Å²) in [6.45, 7) is 0.0449. The Morgan fingerprint density at radius 2 is 2.04 bits per heavy atom. The van der Waals surface area contributed by atoms with Crippen LogP contribution in [-0.4, -0.2) is 25.8 Å². The molecule has 2 aromatic heterocycles. The minimum Gasteiger partial charge on any atom is -0.379 e. The van der Waals surface area contributed by atoms with Gasteiger partial charge in [-0.3, -0.25) is 4.79 Å². The number of hydrogen-bond donors (Lipinski definition) is 2. The number of benzene rings is 2. The summed E-state index contributed by atoms with van der Waals surface area (Å²) in [6.07, 6.45) is 0. The first-order chi connectivity index (χ1) is 12.6. The van der Waals surface area contributed by atoms with E-state index >= 15 is 0 Å². The van der Waals surface area contributed by atoms with E-state index in [-0.39, 0.29) is 18.3 Å². The Morgan fingerprint density at radius 1 is 1.19 bits per heavy atom. The Labute approximate surface area is 150 Å². The second-order valence-electron chi connectivity index (χ2n) is 5.68. The average molecular weight is 366 g/mol. The lowest BCUT2D eigenvalue weighted by atomic mass is 10.3. The number of nitrogen functional groups attached to an aromatic ring is 1. The van der Waals surface area contributed by atoms with Gasteiger partial charge in [0, 0.05) is 5.69 Å². The molecule has 2 aromatic carbocycles. The third-order valence-corrected chi connectivity index (χ3v) is 4.21. The highest BCUT2D eigenvalue weighted by atomic mass is 31.0. The van der Waals surface area contributed by atoms with Gasteiger partial charge in [-0.1, -0.05) is 24.3 Å². The number of para-hydroxylation sites is 2. The normalized spacial score (nSPS) is 11.0. The van der Waals surface area contributed by atoms with Gasteiger partial charge in [-0.15, -0.1) is 9.24 Å². The van der Waals surface area contributed by atoms with E-state index in [9.17, 15) is 4.79 Å². The van der Waals surface area contributed by atoms with E-state index in [1.54, 1.807) is 4.57 Å². The molecular formula is C17H15N6O2P. The van der Waals surface area contributed by atoms with Crippen LogP contribution < -0.4 is 16.4 Å². The molecule has 0 aliphatic rings.